The smallest absolute Gasteiger partial charge is 0.137 e. The van der Waals surface area contributed by atoms with E-state index < -0.39 is 0 Å². The van der Waals surface area contributed by atoms with Crippen molar-refractivity contribution < 1.29 is 4.79 Å². The standard InChI is InChI=1S/C7H11NO/c1-2-3-4-7(5-8)6-9/h6-7H,2-4H2,1H3. The maximum Gasteiger partial charge on any atom is 0.137 e. The second kappa shape index (κ2) is 5.30. The van der Waals surface area contributed by atoms with E-state index in [-0.39, 0.29) is 5.92 Å². The van der Waals surface area contributed by atoms with Crippen molar-refractivity contribution in [2.75, 3.05) is 0 Å². The Balaban J connectivity index is 3.34. The van der Waals surface area contributed by atoms with Crippen LogP contribution in [0.3, 0.4) is 0 Å². The molecule has 0 aliphatic rings. The Kier molecular flexibility index (Phi) is 4.81. The van der Waals surface area contributed by atoms with Gasteiger partial charge < -0.3 is 4.79 Å². The van der Waals surface area contributed by atoms with Gasteiger partial charge in [0.1, 0.15) is 12.2 Å². The van der Waals surface area contributed by atoms with Gasteiger partial charge >= 0.3 is 0 Å². The Labute approximate surface area is 55.5 Å². The molecule has 9 heavy (non-hydrogen) atoms. The number of aldehydes is 1. The van der Waals surface area contributed by atoms with Crippen LogP contribution in [0.1, 0.15) is 26.2 Å². The first-order chi connectivity index (χ1) is 4.35. The first-order valence-electron chi connectivity index (χ1n) is 3.20. The molecule has 0 saturated carbocycles. The Hall–Kier alpha value is -0.840. The number of hydrogen-bond donors (Lipinski definition) is 0. The van der Waals surface area contributed by atoms with Crippen LogP contribution in [0.2, 0.25) is 0 Å². The summed E-state index contributed by atoms with van der Waals surface area (Å²) < 4.78 is 0. The van der Waals surface area contributed by atoms with Gasteiger partial charge in [-0.25, -0.2) is 0 Å². The van der Waals surface area contributed by atoms with E-state index in [9.17, 15) is 4.79 Å². The third-order valence-corrected chi connectivity index (χ3v) is 1.20. The van der Waals surface area contributed by atoms with Crippen LogP contribution < -0.4 is 0 Å². The van der Waals surface area contributed by atoms with Crippen LogP contribution in [-0.4, -0.2) is 6.29 Å². The molecule has 1 unspecified atom stereocenters. The Morgan fingerprint density at radius 1 is 1.78 bits per heavy atom. The molecule has 0 aromatic carbocycles. The van der Waals surface area contributed by atoms with Gasteiger partial charge in [0.05, 0.1) is 6.07 Å². The maximum atomic E-state index is 10.0. The SMILES string of the molecule is CCCCC(C#N)C=O. The van der Waals surface area contributed by atoms with E-state index in [0.717, 1.165) is 25.5 Å². The lowest BCUT2D eigenvalue weighted by Gasteiger charge is -1.95. The van der Waals surface area contributed by atoms with Crippen LogP contribution in [0.15, 0.2) is 0 Å². The van der Waals surface area contributed by atoms with Gasteiger partial charge in [0.15, 0.2) is 0 Å². The minimum absolute atomic E-state index is 0.370. The predicted octanol–water partition coefficient (Wildman–Crippen LogP) is 1.52. The number of carbonyl (C=O) groups is 1. The third-order valence-electron chi connectivity index (χ3n) is 1.20. The molecule has 0 heterocycles. The summed E-state index contributed by atoms with van der Waals surface area (Å²) in [6.07, 6.45) is 3.45. The lowest BCUT2D eigenvalue weighted by atomic mass is 10.1. The zero-order chi connectivity index (χ0) is 7.11. The number of unbranched alkanes of at least 4 members (excludes halogenated alkanes) is 1. The molecule has 2 heteroatoms. The fourth-order valence-electron chi connectivity index (χ4n) is 0.587. The third kappa shape index (κ3) is 3.72. The molecule has 0 spiro atoms. The molecule has 0 bridgehead atoms. The quantitative estimate of drug-likeness (QED) is 0.534. The van der Waals surface area contributed by atoms with Gasteiger partial charge in [-0.05, 0) is 6.42 Å². The highest BCUT2D eigenvalue weighted by atomic mass is 16.1. The largest absolute Gasteiger partial charge is 0.302 e. The summed E-state index contributed by atoms with van der Waals surface area (Å²) in [5.74, 6) is -0.370. The van der Waals surface area contributed by atoms with E-state index in [1.807, 2.05) is 13.0 Å². The summed E-state index contributed by atoms with van der Waals surface area (Å²) in [4.78, 5) is 10.0. The van der Waals surface area contributed by atoms with E-state index in [2.05, 4.69) is 0 Å². The normalized spacial score (nSPS) is 12.0. The highest BCUT2D eigenvalue weighted by molar-refractivity contribution is 5.57. The van der Waals surface area contributed by atoms with E-state index >= 15 is 0 Å². The molecule has 0 aromatic rings. The molecule has 0 aliphatic heterocycles. The number of nitrogens with zero attached hydrogens (tertiary/aromatic N) is 1. The highest BCUT2D eigenvalue weighted by Gasteiger charge is 2.01. The van der Waals surface area contributed by atoms with E-state index in [0.29, 0.717) is 0 Å². The summed E-state index contributed by atoms with van der Waals surface area (Å²) in [7, 11) is 0. The molecule has 2 nitrogen and oxygen atoms in total. The molecular formula is C7H11NO. The number of carbonyl (C=O) groups excluding carboxylic acids is 1. The second-order valence-corrected chi connectivity index (χ2v) is 2.01. The lowest BCUT2D eigenvalue weighted by molar-refractivity contribution is -0.109. The number of nitriles is 1. The average Bonchev–Trinajstić information content (AvgIpc) is 1.91. The fraction of sp³-hybridized carbons (Fsp3) is 0.714. The van der Waals surface area contributed by atoms with Crippen LogP contribution in [0, 0.1) is 17.2 Å². The molecule has 0 saturated heterocycles. The van der Waals surface area contributed by atoms with Crippen molar-refractivity contribution in [3.63, 3.8) is 0 Å². The van der Waals surface area contributed by atoms with Crippen molar-refractivity contribution in [3.8, 4) is 6.07 Å². The second-order valence-electron chi connectivity index (χ2n) is 2.01. The van der Waals surface area contributed by atoms with Gasteiger partial charge in [-0.15, -0.1) is 0 Å². The van der Waals surface area contributed by atoms with E-state index in [1.54, 1.807) is 0 Å². The number of hydrogen-bond acceptors (Lipinski definition) is 2. The first kappa shape index (κ1) is 8.16. The minimum atomic E-state index is -0.370. The van der Waals surface area contributed by atoms with Crippen molar-refractivity contribution in [1.82, 2.24) is 0 Å². The zero-order valence-corrected chi connectivity index (χ0v) is 5.63. The Morgan fingerprint density at radius 3 is 2.78 bits per heavy atom. The van der Waals surface area contributed by atoms with Crippen molar-refractivity contribution in [1.29, 1.82) is 5.26 Å². The fourth-order valence-corrected chi connectivity index (χ4v) is 0.587. The van der Waals surface area contributed by atoms with Gasteiger partial charge in [-0.1, -0.05) is 19.8 Å². The topological polar surface area (TPSA) is 40.9 Å². The monoisotopic (exact) mass is 125 g/mol. The molecule has 0 amide bonds. The van der Waals surface area contributed by atoms with Gasteiger partial charge in [0.2, 0.25) is 0 Å². The van der Waals surface area contributed by atoms with Crippen LogP contribution in [0.25, 0.3) is 0 Å². The molecule has 0 aromatic heterocycles. The van der Waals surface area contributed by atoms with Crippen molar-refractivity contribution in [2.45, 2.75) is 26.2 Å². The Bertz CT molecular complexity index is 115. The molecule has 0 N–H and O–H groups in total. The lowest BCUT2D eigenvalue weighted by Crippen LogP contribution is -1.96. The van der Waals surface area contributed by atoms with E-state index in [4.69, 9.17) is 5.26 Å². The summed E-state index contributed by atoms with van der Waals surface area (Å²) in [6.45, 7) is 2.04. The Morgan fingerprint density at radius 2 is 2.44 bits per heavy atom. The molecule has 1 atom stereocenters. The maximum absolute atomic E-state index is 10.0. The summed E-state index contributed by atoms with van der Waals surface area (Å²) in [5, 5.41) is 8.27. The number of rotatable bonds is 4. The van der Waals surface area contributed by atoms with Crippen molar-refractivity contribution in [3.05, 3.63) is 0 Å². The zero-order valence-electron chi connectivity index (χ0n) is 5.63. The molecule has 0 aliphatic carbocycles. The van der Waals surface area contributed by atoms with E-state index in [1.165, 1.54) is 0 Å². The predicted molar refractivity (Wildman–Crippen MR) is 34.7 cm³/mol. The van der Waals surface area contributed by atoms with Crippen LogP contribution in [-0.2, 0) is 4.79 Å². The average molecular weight is 125 g/mol. The van der Waals surface area contributed by atoms with Gasteiger partial charge in [0.25, 0.3) is 0 Å². The molecule has 0 rings (SSSR count). The first-order valence-corrected chi connectivity index (χ1v) is 3.20. The molecular weight excluding hydrogens is 114 g/mol. The summed E-state index contributed by atoms with van der Waals surface area (Å²) >= 11 is 0. The molecule has 0 radical (unpaired) electrons. The van der Waals surface area contributed by atoms with Gasteiger partial charge in [-0.2, -0.15) is 5.26 Å². The summed E-state index contributed by atoms with van der Waals surface area (Å²) in [6, 6.07) is 1.92. The van der Waals surface area contributed by atoms with Crippen LogP contribution in [0.4, 0.5) is 0 Å². The van der Waals surface area contributed by atoms with Crippen LogP contribution in [0.5, 0.6) is 0 Å². The minimum Gasteiger partial charge on any atom is -0.302 e. The summed E-state index contributed by atoms with van der Waals surface area (Å²) in [5.41, 5.74) is 0. The molecule has 50 valence electrons. The van der Waals surface area contributed by atoms with Crippen molar-refractivity contribution in [2.24, 2.45) is 5.92 Å². The van der Waals surface area contributed by atoms with Crippen LogP contribution >= 0.6 is 0 Å². The highest BCUT2D eigenvalue weighted by Crippen LogP contribution is 2.03. The van der Waals surface area contributed by atoms with Gasteiger partial charge in [-0.3, -0.25) is 0 Å². The van der Waals surface area contributed by atoms with Crippen molar-refractivity contribution >= 4 is 6.29 Å². The van der Waals surface area contributed by atoms with Gasteiger partial charge in [0, 0.05) is 0 Å². The molecule has 0 fully saturated rings.